The molecule has 124 valence electrons. The van der Waals surface area contributed by atoms with Crippen LogP contribution in [0.3, 0.4) is 0 Å². The zero-order valence-electron chi connectivity index (χ0n) is 15.0. The fourth-order valence-corrected chi connectivity index (χ4v) is 5.37. The third kappa shape index (κ3) is 2.71. The minimum Gasteiger partial charge on any atom is -0.497 e. The Bertz CT molecular complexity index is 542. The maximum Gasteiger partial charge on any atom is 0.119 e. The molecule has 2 radical (unpaired) electrons. The normalized spacial score (nSPS) is 29.9. The maximum atomic E-state index is 6.09. The van der Waals surface area contributed by atoms with Gasteiger partial charge in [0.2, 0.25) is 0 Å². The number of fused-ring (bicyclic) bond motifs is 3. The van der Waals surface area contributed by atoms with Crippen molar-refractivity contribution in [1.82, 2.24) is 4.90 Å². The molecule has 1 unspecified atom stereocenters. The van der Waals surface area contributed by atoms with E-state index in [1.807, 2.05) is 0 Å². The summed E-state index contributed by atoms with van der Waals surface area (Å²) in [4.78, 5) is 2.49. The minimum absolute atomic E-state index is 0.313. The van der Waals surface area contributed by atoms with Gasteiger partial charge in [0.1, 0.15) is 5.75 Å². The van der Waals surface area contributed by atoms with Crippen LogP contribution in [0.2, 0.25) is 0 Å². The smallest absolute Gasteiger partial charge is 0.119 e. The summed E-state index contributed by atoms with van der Waals surface area (Å²) < 4.78 is 5.54. The number of hydrogen-bond donors (Lipinski definition) is 0. The SMILES string of the molecule is [B]CN(CC)[C@H]1Cc2ccc(OC)cc2[C@]2(CC)CCCCC12. The molecule has 2 aliphatic rings. The molecule has 0 aliphatic heterocycles. The molecule has 23 heavy (non-hydrogen) atoms. The van der Waals surface area contributed by atoms with Crippen molar-refractivity contribution in [3.63, 3.8) is 0 Å². The lowest BCUT2D eigenvalue weighted by Crippen LogP contribution is -2.55. The fourth-order valence-electron chi connectivity index (χ4n) is 5.37. The Balaban J connectivity index is 2.10. The first-order chi connectivity index (χ1) is 11.2. The van der Waals surface area contributed by atoms with Crippen LogP contribution >= 0.6 is 0 Å². The van der Waals surface area contributed by atoms with E-state index in [2.05, 4.69) is 36.9 Å². The number of ether oxygens (including phenoxy) is 1. The molecule has 3 heteroatoms. The van der Waals surface area contributed by atoms with Gasteiger partial charge in [0, 0.05) is 6.04 Å². The van der Waals surface area contributed by atoms with Gasteiger partial charge in [0.05, 0.1) is 15.0 Å². The highest BCUT2D eigenvalue weighted by Crippen LogP contribution is 2.53. The van der Waals surface area contributed by atoms with E-state index in [1.165, 1.54) is 37.7 Å². The van der Waals surface area contributed by atoms with Crippen molar-refractivity contribution in [3.05, 3.63) is 29.3 Å². The predicted octanol–water partition coefficient (Wildman–Crippen LogP) is 3.91. The minimum atomic E-state index is 0.313. The van der Waals surface area contributed by atoms with Crippen LogP contribution in [0, 0.1) is 5.92 Å². The third-order valence-corrected chi connectivity index (χ3v) is 6.59. The summed E-state index contributed by atoms with van der Waals surface area (Å²) in [7, 11) is 7.87. The number of benzene rings is 1. The van der Waals surface area contributed by atoms with Crippen LogP contribution in [-0.2, 0) is 11.8 Å². The molecule has 1 aromatic carbocycles. The van der Waals surface area contributed by atoms with Gasteiger partial charge in [-0.05, 0) is 73.3 Å². The van der Waals surface area contributed by atoms with E-state index >= 15 is 0 Å². The maximum absolute atomic E-state index is 6.09. The Morgan fingerprint density at radius 2 is 2.13 bits per heavy atom. The van der Waals surface area contributed by atoms with Crippen LogP contribution in [0.15, 0.2) is 18.2 Å². The molecule has 0 spiro atoms. The second-order valence-corrected chi connectivity index (χ2v) is 7.24. The highest BCUT2D eigenvalue weighted by atomic mass is 16.5. The van der Waals surface area contributed by atoms with Gasteiger partial charge in [-0.3, -0.25) is 0 Å². The molecule has 0 heterocycles. The molecule has 0 aromatic heterocycles. The molecule has 0 saturated heterocycles. The topological polar surface area (TPSA) is 12.5 Å². The monoisotopic (exact) mass is 311 g/mol. The molecule has 1 aromatic rings. The zero-order chi connectivity index (χ0) is 16.4. The van der Waals surface area contributed by atoms with Gasteiger partial charge in [-0.1, -0.05) is 32.8 Å². The molecule has 1 saturated carbocycles. The van der Waals surface area contributed by atoms with Crippen molar-refractivity contribution in [2.24, 2.45) is 5.92 Å². The first kappa shape index (κ1) is 16.9. The van der Waals surface area contributed by atoms with Crippen molar-refractivity contribution < 1.29 is 4.74 Å². The molecular weight excluding hydrogens is 281 g/mol. The zero-order valence-corrected chi connectivity index (χ0v) is 15.0. The van der Waals surface area contributed by atoms with Gasteiger partial charge in [0.15, 0.2) is 0 Å². The van der Waals surface area contributed by atoms with Gasteiger partial charge < -0.3 is 9.64 Å². The van der Waals surface area contributed by atoms with Crippen LogP contribution in [0.25, 0.3) is 0 Å². The fraction of sp³-hybridized carbons (Fsp3) is 0.700. The van der Waals surface area contributed by atoms with Gasteiger partial charge in [-0.2, -0.15) is 0 Å². The number of hydrogen-bond acceptors (Lipinski definition) is 2. The summed E-state index contributed by atoms with van der Waals surface area (Å²) in [5.74, 6) is 1.73. The van der Waals surface area contributed by atoms with Crippen molar-refractivity contribution >= 4 is 7.85 Å². The molecule has 0 N–H and O–H groups in total. The molecule has 0 bridgehead atoms. The van der Waals surface area contributed by atoms with Crippen molar-refractivity contribution in [3.8, 4) is 5.75 Å². The van der Waals surface area contributed by atoms with E-state index in [9.17, 15) is 0 Å². The number of nitrogens with zero attached hydrogens (tertiary/aromatic N) is 1. The summed E-state index contributed by atoms with van der Waals surface area (Å²) in [6.45, 7) is 5.67. The Hall–Kier alpha value is -0.955. The lowest BCUT2D eigenvalue weighted by atomic mass is 9.54. The quantitative estimate of drug-likeness (QED) is 0.765. The first-order valence-corrected chi connectivity index (χ1v) is 9.31. The summed E-state index contributed by atoms with van der Waals surface area (Å²) in [6, 6.07) is 7.34. The van der Waals surface area contributed by atoms with Gasteiger partial charge in [0.25, 0.3) is 0 Å². The highest BCUT2D eigenvalue weighted by molar-refractivity contribution is 6.08. The van der Waals surface area contributed by atoms with E-state index in [0.29, 0.717) is 17.9 Å². The van der Waals surface area contributed by atoms with E-state index in [1.54, 1.807) is 12.7 Å². The van der Waals surface area contributed by atoms with Crippen LogP contribution in [0.5, 0.6) is 5.75 Å². The lowest BCUT2D eigenvalue weighted by Gasteiger charge is -2.54. The molecule has 3 rings (SSSR count). The summed E-state index contributed by atoms with van der Waals surface area (Å²) in [5, 5.41) is 0. The molecule has 3 atom stereocenters. The largest absolute Gasteiger partial charge is 0.497 e. The van der Waals surface area contributed by atoms with Crippen molar-refractivity contribution in [2.45, 2.75) is 63.8 Å². The van der Waals surface area contributed by atoms with E-state index in [4.69, 9.17) is 12.6 Å². The van der Waals surface area contributed by atoms with Gasteiger partial charge >= 0.3 is 0 Å². The number of methoxy groups -OCH3 is 1. The molecular formula is C20H30BNO. The second-order valence-electron chi connectivity index (χ2n) is 7.24. The van der Waals surface area contributed by atoms with Gasteiger partial charge in [-0.25, -0.2) is 0 Å². The van der Waals surface area contributed by atoms with Crippen molar-refractivity contribution in [1.29, 1.82) is 0 Å². The van der Waals surface area contributed by atoms with E-state index < -0.39 is 0 Å². The van der Waals surface area contributed by atoms with Crippen LogP contribution in [-0.4, -0.2) is 38.9 Å². The Labute approximate surface area is 143 Å². The van der Waals surface area contributed by atoms with E-state index in [0.717, 1.165) is 24.6 Å². The molecule has 1 fully saturated rings. The summed E-state index contributed by atoms with van der Waals surface area (Å²) >= 11 is 0. The lowest BCUT2D eigenvalue weighted by molar-refractivity contribution is 0.0542. The Morgan fingerprint density at radius 3 is 2.78 bits per heavy atom. The average molecular weight is 311 g/mol. The Kier molecular flexibility index (Phi) is 5.06. The second kappa shape index (κ2) is 6.89. The molecule has 2 aliphatic carbocycles. The van der Waals surface area contributed by atoms with Crippen LogP contribution in [0.4, 0.5) is 0 Å². The third-order valence-electron chi connectivity index (χ3n) is 6.59. The molecule has 0 amide bonds. The van der Waals surface area contributed by atoms with E-state index in [-0.39, 0.29) is 0 Å². The highest BCUT2D eigenvalue weighted by Gasteiger charge is 2.49. The average Bonchev–Trinajstić information content (AvgIpc) is 2.62. The first-order valence-electron chi connectivity index (χ1n) is 9.31. The summed E-state index contributed by atoms with van der Waals surface area (Å²) in [5.41, 5.74) is 3.39. The number of rotatable bonds is 5. The van der Waals surface area contributed by atoms with Crippen LogP contribution in [0.1, 0.15) is 57.1 Å². The van der Waals surface area contributed by atoms with Crippen LogP contribution < -0.4 is 4.74 Å². The standard InChI is InChI=1S/C20H30BNO/c1-4-20-11-7-6-8-17(20)19(22(5-2)14-21)12-15-9-10-16(23-3)13-18(15)20/h9-10,13,17,19H,4-8,11-12,14H2,1-3H3/t17?,19-,20+/m0/s1. The predicted molar refractivity (Wildman–Crippen MR) is 97.4 cm³/mol. The molecule has 2 nitrogen and oxygen atoms in total. The number of likely N-dealkylation sites (N-methyl/N-ethyl adjacent to an activating group) is 1. The van der Waals surface area contributed by atoms with Gasteiger partial charge in [-0.15, -0.1) is 0 Å². The Morgan fingerprint density at radius 1 is 1.30 bits per heavy atom. The van der Waals surface area contributed by atoms with Crippen molar-refractivity contribution in [2.75, 3.05) is 20.1 Å². The summed E-state index contributed by atoms with van der Waals surface area (Å²) in [6.07, 6.45) is 8.39.